The highest BCUT2D eigenvalue weighted by Gasteiger charge is 2.19. The second kappa shape index (κ2) is 6.85. The first-order valence-electron chi connectivity index (χ1n) is 10.3. The first kappa shape index (κ1) is 18.0. The standard InChI is InChI=1S/C22H21N7O2/c23-21-20-15(8-19(31-20)12-1-2-18-16(7-12)22(30)28-27-18)17(10-25-21)13-9-26-29(11-13)14-3-5-24-6-4-14/h1-2,7-11,14,24H,3-6H2,(H2,23,25)(H2,27,28,30). The monoisotopic (exact) mass is 415 g/mol. The zero-order chi connectivity index (χ0) is 20.9. The van der Waals surface area contributed by atoms with Crippen molar-refractivity contribution >= 4 is 27.7 Å². The summed E-state index contributed by atoms with van der Waals surface area (Å²) in [7, 11) is 0. The molecule has 0 bridgehead atoms. The number of furan rings is 1. The lowest BCUT2D eigenvalue weighted by molar-refractivity contribution is 0.343. The van der Waals surface area contributed by atoms with Crippen molar-refractivity contribution in [1.29, 1.82) is 0 Å². The number of benzene rings is 1. The van der Waals surface area contributed by atoms with Crippen LogP contribution in [0.15, 0.2) is 52.1 Å². The molecule has 1 aromatic carbocycles. The Bertz CT molecular complexity index is 1470. The van der Waals surface area contributed by atoms with Gasteiger partial charge >= 0.3 is 0 Å². The predicted molar refractivity (Wildman–Crippen MR) is 119 cm³/mol. The number of H-pyrrole nitrogens is 2. The van der Waals surface area contributed by atoms with Crippen molar-refractivity contribution < 1.29 is 4.42 Å². The molecule has 5 N–H and O–H groups in total. The number of rotatable bonds is 3. The fraction of sp³-hybridized carbons (Fsp3) is 0.227. The second-order valence-electron chi connectivity index (χ2n) is 7.94. The molecule has 4 aromatic heterocycles. The predicted octanol–water partition coefficient (Wildman–Crippen LogP) is 3.03. The maximum Gasteiger partial charge on any atom is 0.271 e. The molecule has 5 heterocycles. The Hall–Kier alpha value is -3.85. The van der Waals surface area contributed by atoms with Crippen LogP contribution in [0.2, 0.25) is 0 Å². The highest BCUT2D eigenvalue weighted by atomic mass is 16.3. The van der Waals surface area contributed by atoms with E-state index in [2.05, 4.69) is 31.8 Å². The van der Waals surface area contributed by atoms with E-state index in [1.165, 1.54) is 0 Å². The molecule has 0 radical (unpaired) electrons. The number of hydrogen-bond donors (Lipinski definition) is 4. The van der Waals surface area contributed by atoms with Crippen molar-refractivity contribution in [2.24, 2.45) is 0 Å². The molecule has 31 heavy (non-hydrogen) atoms. The minimum Gasteiger partial charge on any atom is -0.452 e. The van der Waals surface area contributed by atoms with Crippen LogP contribution in [0, 0.1) is 0 Å². The highest BCUT2D eigenvalue weighted by molar-refractivity contribution is 6.00. The summed E-state index contributed by atoms with van der Waals surface area (Å²) in [5.74, 6) is 0.959. The number of nitrogen functional groups attached to an aromatic ring is 1. The number of nitrogens with one attached hydrogen (secondary N) is 3. The summed E-state index contributed by atoms with van der Waals surface area (Å²) in [6.07, 6.45) is 7.83. The van der Waals surface area contributed by atoms with Gasteiger partial charge in [-0.2, -0.15) is 5.10 Å². The minimum atomic E-state index is -0.167. The van der Waals surface area contributed by atoms with Gasteiger partial charge in [-0.25, -0.2) is 4.98 Å². The number of fused-ring (bicyclic) bond motifs is 2. The molecule has 0 saturated carbocycles. The fourth-order valence-corrected chi connectivity index (χ4v) is 4.35. The number of pyridine rings is 1. The second-order valence-corrected chi connectivity index (χ2v) is 7.94. The van der Waals surface area contributed by atoms with Gasteiger partial charge in [-0.3, -0.25) is 19.7 Å². The Kier molecular flexibility index (Phi) is 3.97. The Morgan fingerprint density at radius 3 is 2.81 bits per heavy atom. The molecule has 1 saturated heterocycles. The maximum absolute atomic E-state index is 12.0. The molecule has 1 fully saturated rings. The van der Waals surface area contributed by atoms with Crippen LogP contribution >= 0.6 is 0 Å². The third-order valence-electron chi connectivity index (χ3n) is 6.04. The van der Waals surface area contributed by atoms with Gasteiger partial charge in [0.05, 0.1) is 23.1 Å². The third-order valence-corrected chi connectivity index (χ3v) is 6.04. The molecule has 156 valence electrons. The first-order chi connectivity index (χ1) is 15.2. The number of nitrogens with zero attached hydrogens (tertiary/aromatic N) is 3. The van der Waals surface area contributed by atoms with E-state index in [9.17, 15) is 4.79 Å². The van der Waals surface area contributed by atoms with E-state index in [0.717, 1.165) is 53.5 Å². The molecule has 9 nitrogen and oxygen atoms in total. The minimum absolute atomic E-state index is 0.167. The van der Waals surface area contributed by atoms with Gasteiger partial charge in [-0.15, -0.1) is 0 Å². The topological polar surface area (TPSA) is 131 Å². The summed E-state index contributed by atoms with van der Waals surface area (Å²) in [4.78, 5) is 16.3. The van der Waals surface area contributed by atoms with Gasteiger partial charge in [-0.05, 0) is 50.2 Å². The lowest BCUT2D eigenvalue weighted by Gasteiger charge is -2.22. The number of anilines is 1. The van der Waals surface area contributed by atoms with Crippen LogP contribution in [0.25, 0.3) is 44.3 Å². The molecule has 0 unspecified atom stereocenters. The van der Waals surface area contributed by atoms with Crippen molar-refractivity contribution in [2.45, 2.75) is 18.9 Å². The zero-order valence-electron chi connectivity index (χ0n) is 16.7. The van der Waals surface area contributed by atoms with E-state index in [1.54, 1.807) is 12.3 Å². The lowest BCUT2D eigenvalue weighted by Crippen LogP contribution is -2.29. The lowest BCUT2D eigenvalue weighted by atomic mass is 10.1. The first-order valence-corrected chi connectivity index (χ1v) is 10.3. The summed E-state index contributed by atoms with van der Waals surface area (Å²) >= 11 is 0. The van der Waals surface area contributed by atoms with E-state index in [4.69, 9.17) is 10.2 Å². The van der Waals surface area contributed by atoms with Gasteiger partial charge in [0.15, 0.2) is 11.4 Å². The SMILES string of the molecule is Nc1ncc(-c2cnn(C3CCNCC3)c2)c2cc(-c3ccc4[nH][nH]c(=O)c4c3)oc12. The van der Waals surface area contributed by atoms with Gasteiger partial charge < -0.3 is 15.5 Å². The average molecular weight is 415 g/mol. The van der Waals surface area contributed by atoms with Crippen LogP contribution in [0.5, 0.6) is 0 Å². The van der Waals surface area contributed by atoms with Crippen LogP contribution in [-0.2, 0) is 0 Å². The van der Waals surface area contributed by atoms with Gasteiger partial charge in [0, 0.05) is 34.5 Å². The van der Waals surface area contributed by atoms with Crippen LogP contribution in [0.1, 0.15) is 18.9 Å². The molecular formula is C22H21N7O2. The van der Waals surface area contributed by atoms with Gasteiger partial charge in [-0.1, -0.05) is 0 Å². The van der Waals surface area contributed by atoms with Crippen molar-refractivity contribution in [1.82, 2.24) is 30.3 Å². The molecule has 0 spiro atoms. The fourth-order valence-electron chi connectivity index (χ4n) is 4.35. The van der Waals surface area contributed by atoms with Gasteiger partial charge in [0.1, 0.15) is 5.76 Å². The number of aromatic nitrogens is 5. The number of aromatic amines is 2. The number of hydrogen-bond acceptors (Lipinski definition) is 6. The number of piperidine rings is 1. The molecule has 5 aromatic rings. The van der Waals surface area contributed by atoms with Gasteiger partial charge in [0.2, 0.25) is 0 Å². The molecule has 6 rings (SSSR count). The highest BCUT2D eigenvalue weighted by Crippen LogP contribution is 2.37. The van der Waals surface area contributed by atoms with Crippen molar-refractivity contribution in [3.63, 3.8) is 0 Å². The summed E-state index contributed by atoms with van der Waals surface area (Å²) in [5.41, 5.74) is 9.92. The Morgan fingerprint density at radius 1 is 1.06 bits per heavy atom. The largest absolute Gasteiger partial charge is 0.452 e. The summed E-state index contributed by atoms with van der Waals surface area (Å²) in [6, 6.07) is 7.91. The van der Waals surface area contributed by atoms with E-state index < -0.39 is 0 Å². The summed E-state index contributed by atoms with van der Waals surface area (Å²) < 4.78 is 8.14. The van der Waals surface area contributed by atoms with Crippen molar-refractivity contribution in [2.75, 3.05) is 18.8 Å². The van der Waals surface area contributed by atoms with Crippen LogP contribution in [0.4, 0.5) is 5.82 Å². The van der Waals surface area contributed by atoms with Crippen LogP contribution in [0.3, 0.4) is 0 Å². The quantitative estimate of drug-likeness (QED) is 0.358. The van der Waals surface area contributed by atoms with E-state index in [-0.39, 0.29) is 5.56 Å². The van der Waals surface area contributed by atoms with Crippen LogP contribution in [-0.4, -0.2) is 38.1 Å². The molecule has 0 aliphatic carbocycles. The van der Waals surface area contributed by atoms with E-state index in [0.29, 0.717) is 28.6 Å². The van der Waals surface area contributed by atoms with E-state index >= 15 is 0 Å². The number of nitrogens with two attached hydrogens (primary N) is 1. The smallest absolute Gasteiger partial charge is 0.271 e. The normalized spacial score (nSPS) is 15.2. The summed E-state index contributed by atoms with van der Waals surface area (Å²) in [5, 5.41) is 14.9. The maximum atomic E-state index is 12.0. The molecule has 0 atom stereocenters. The van der Waals surface area contributed by atoms with Crippen LogP contribution < -0.4 is 16.6 Å². The molecule has 1 aliphatic rings. The van der Waals surface area contributed by atoms with E-state index in [1.807, 2.05) is 29.1 Å². The third kappa shape index (κ3) is 2.93. The average Bonchev–Trinajstić information content (AvgIpc) is 3.54. The van der Waals surface area contributed by atoms with Crippen molar-refractivity contribution in [3.8, 4) is 22.5 Å². The Labute approximate surface area is 176 Å². The molecule has 9 heteroatoms. The molecule has 1 aliphatic heterocycles. The molecular weight excluding hydrogens is 394 g/mol. The Balaban J connectivity index is 1.45. The molecule has 0 amide bonds. The summed E-state index contributed by atoms with van der Waals surface area (Å²) in [6.45, 7) is 2.01. The Morgan fingerprint density at radius 2 is 1.94 bits per heavy atom. The zero-order valence-corrected chi connectivity index (χ0v) is 16.7. The van der Waals surface area contributed by atoms with Gasteiger partial charge in [0.25, 0.3) is 5.56 Å². The van der Waals surface area contributed by atoms with Crippen molar-refractivity contribution in [3.05, 3.63) is 53.2 Å².